The van der Waals surface area contributed by atoms with Crippen LogP contribution in [-0.2, 0) is 0 Å². The molecule has 0 fully saturated rings. The topological polar surface area (TPSA) is 83.8 Å². The molecular weight excluding hydrogens is 284 g/mol. The van der Waals surface area contributed by atoms with Gasteiger partial charge in [-0.15, -0.1) is 0 Å². The van der Waals surface area contributed by atoms with Crippen molar-refractivity contribution in [2.45, 2.75) is 0 Å². The zero-order chi connectivity index (χ0) is 14.7. The molecule has 0 bridgehead atoms. The number of para-hydroxylation sites is 1. The van der Waals surface area contributed by atoms with Crippen LogP contribution in [0.15, 0.2) is 36.7 Å². The van der Waals surface area contributed by atoms with Crippen molar-refractivity contribution >= 4 is 33.3 Å². The van der Waals surface area contributed by atoms with Gasteiger partial charge in [0.05, 0.1) is 28.7 Å². The predicted octanol–water partition coefficient (Wildman–Crippen LogP) is 2.19. The van der Waals surface area contributed by atoms with Gasteiger partial charge in [-0.05, 0) is 12.1 Å². The molecule has 0 saturated heterocycles. The fraction of sp³-hybridized carbons (Fsp3) is 0.0667. The Balaban J connectivity index is 1.83. The summed E-state index contributed by atoms with van der Waals surface area (Å²) in [6.45, 7) is 0.300. The molecule has 3 rings (SSSR count). The number of fused-ring (bicyclic) bond motifs is 1. The number of aromatic amines is 1. The summed E-state index contributed by atoms with van der Waals surface area (Å²) in [4.78, 5) is 20.3. The fourth-order valence-electron chi connectivity index (χ4n) is 1.97. The van der Waals surface area contributed by atoms with Crippen LogP contribution in [0.2, 0.25) is 0 Å². The largest absolute Gasteiger partial charge is 0.361 e. The summed E-state index contributed by atoms with van der Waals surface area (Å²) in [6.07, 6.45) is 3.43. The van der Waals surface area contributed by atoms with Gasteiger partial charge in [0.15, 0.2) is 5.13 Å². The average molecular weight is 296 g/mol. The third-order valence-corrected chi connectivity index (χ3v) is 3.70. The molecule has 104 valence electrons. The number of hydrogen-bond acceptors (Lipinski definition) is 4. The number of rotatable bonds is 2. The highest BCUT2D eigenvalue weighted by atomic mass is 32.1. The summed E-state index contributed by atoms with van der Waals surface area (Å²) in [5, 5.41) is 4.30. The summed E-state index contributed by atoms with van der Waals surface area (Å²) in [5.41, 5.74) is 6.72. The van der Waals surface area contributed by atoms with Crippen LogP contribution < -0.4 is 11.1 Å². The Bertz CT molecular complexity index is 853. The predicted molar refractivity (Wildman–Crippen MR) is 84.3 cm³/mol. The molecule has 0 atom stereocenters. The van der Waals surface area contributed by atoms with Crippen molar-refractivity contribution in [1.82, 2.24) is 9.97 Å². The van der Waals surface area contributed by atoms with Gasteiger partial charge in [-0.25, -0.2) is 4.98 Å². The van der Waals surface area contributed by atoms with Crippen molar-refractivity contribution in [3.8, 4) is 11.8 Å². The lowest BCUT2D eigenvalue weighted by molar-refractivity contribution is 0.102. The zero-order valence-corrected chi connectivity index (χ0v) is 11.8. The van der Waals surface area contributed by atoms with Gasteiger partial charge >= 0.3 is 0 Å². The van der Waals surface area contributed by atoms with E-state index in [1.54, 1.807) is 12.3 Å². The van der Waals surface area contributed by atoms with Gasteiger partial charge in [0.2, 0.25) is 0 Å². The maximum absolute atomic E-state index is 12.3. The molecule has 1 amide bonds. The Morgan fingerprint density at radius 3 is 3.19 bits per heavy atom. The van der Waals surface area contributed by atoms with Crippen molar-refractivity contribution < 1.29 is 4.79 Å². The van der Waals surface area contributed by atoms with E-state index in [4.69, 9.17) is 5.73 Å². The first-order chi connectivity index (χ1) is 10.3. The molecule has 0 unspecified atom stereocenters. The van der Waals surface area contributed by atoms with E-state index in [1.807, 2.05) is 24.4 Å². The first-order valence-electron chi connectivity index (χ1n) is 6.30. The van der Waals surface area contributed by atoms with E-state index in [0.29, 0.717) is 17.2 Å². The van der Waals surface area contributed by atoms with E-state index in [9.17, 15) is 4.79 Å². The van der Waals surface area contributed by atoms with Crippen LogP contribution in [0, 0.1) is 11.8 Å². The van der Waals surface area contributed by atoms with E-state index in [1.165, 1.54) is 11.3 Å². The number of hydrogen-bond donors (Lipinski definition) is 3. The smallest absolute Gasteiger partial charge is 0.259 e. The fourth-order valence-corrected chi connectivity index (χ4v) is 2.65. The number of nitrogens with one attached hydrogen (secondary N) is 2. The van der Waals surface area contributed by atoms with Gasteiger partial charge in [-0.1, -0.05) is 35.3 Å². The molecular formula is C15H12N4OS. The zero-order valence-electron chi connectivity index (χ0n) is 11.0. The van der Waals surface area contributed by atoms with E-state index in [-0.39, 0.29) is 5.91 Å². The molecule has 5 nitrogen and oxygen atoms in total. The molecule has 0 aliphatic heterocycles. The molecule has 0 spiro atoms. The average Bonchev–Trinajstić information content (AvgIpc) is 3.13. The number of anilines is 1. The van der Waals surface area contributed by atoms with Gasteiger partial charge in [0.1, 0.15) is 0 Å². The summed E-state index contributed by atoms with van der Waals surface area (Å²) in [6, 6.07) is 7.50. The summed E-state index contributed by atoms with van der Waals surface area (Å²) in [5.74, 6) is 5.44. The lowest BCUT2D eigenvalue weighted by Crippen LogP contribution is -2.12. The van der Waals surface area contributed by atoms with Crippen LogP contribution in [0.1, 0.15) is 15.2 Å². The summed E-state index contributed by atoms with van der Waals surface area (Å²) >= 11 is 1.32. The SMILES string of the molecule is NCC#Cc1cnc(NC(=O)c2cccc3cc[nH]c23)s1. The lowest BCUT2D eigenvalue weighted by Gasteiger charge is -2.03. The first kappa shape index (κ1) is 13.4. The van der Waals surface area contributed by atoms with Crippen molar-refractivity contribution in [2.75, 3.05) is 11.9 Å². The van der Waals surface area contributed by atoms with Crippen LogP contribution in [0.25, 0.3) is 10.9 Å². The maximum Gasteiger partial charge on any atom is 0.259 e. The van der Waals surface area contributed by atoms with Crippen LogP contribution in [-0.4, -0.2) is 22.4 Å². The summed E-state index contributed by atoms with van der Waals surface area (Å²) in [7, 11) is 0. The molecule has 21 heavy (non-hydrogen) atoms. The Morgan fingerprint density at radius 2 is 2.33 bits per heavy atom. The van der Waals surface area contributed by atoms with Gasteiger partial charge in [0.25, 0.3) is 5.91 Å². The third kappa shape index (κ3) is 2.79. The molecule has 0 saturated carbocycles. The number of nitrogens with zero attached hydrogens (tertiary/aromatic N) is 1. The van der Waals surface area contributed by atoms with Crippen LogP contribution in [0.5, 0.6) is 0 Å². The number of carbonyl (C=O) groups excluding carboxylic acids is 1. The standard InChI is InChI=1S/C15H12N4OS/c16-7-2-4-11-9-18-15(21-11)19-14(20)12-5-1-3-10-6-8-17-13(10)12/h1,3,5-6,8-9,17H,7,16H2,(H,18,19,20). The molecule has 2 aromatic heterocycles. The molecule has 6 heteroatoms. The second-order valence-electron chi connectivity index (χ2n) is 4.24. The Kier molecular flexibility index (Phi) is 3.69. The normalized spacial score (nSPS) is 10.1. The van der Waals surface area contributed by atoms with E-state index in [0.717, 1.165) is 15.8 Å². The van der Waals surface area contributed by atoms with Gasteiger partial charge in [-0.2, -0.15) is 0 Å². The highest BCUT2D eigenvalue weighted by Crippen LogP contribution is 2.21. The number of carbonyl (C=O) groups is 1. The number of nitrogens with two attached hydrogens (primary N) is 1. The number of H-pyrrole nitrogens is 1. The Labute approximate surface area is 125 Å². The minimum atomic E-state index is -0.198. The first-order valence-corrected chi connectivity index (χ1v) is 7.12. The Morgan fingerprint density at radius 1 is 1.43 bits per heavy atom. The summed E-state index contributed by atoms with van der Waals surface area (Å²) < 4.78 is 0. The molecule has 0 aliphatic carbocycles. The number of aromatic nitrogens is 2. The second-order valence-corrected chi connectivity index (χ2v) is 5.27. The monoisotopic (exact) mass is 296 g/mol. The van der Waals surface area contributed by atoms with E-state index in [2.05, 4.69) is 27.1 Å². The van der Waals surface area contributed by atoms with E-state index < -0.39 is 0 Å². The highest BCUT2D eigenvalue weighted by molar-refractivity contribution is 7.16. The van der Waals surface area contributed by atoms with Crippen LogP contribution >= 0.6 is 11.3 Å². The molecule has 4 N–H and O–H groups in total. The Hall–Kier alpha value is -2.62. The third-order valence-electron chi connectivity index (χ3n) is 2.87. The van der Waals surface area contributed by atoms with Crippen molar-refractivity contribution in [1.29, 1.82) is 0 Å². The maximum atomic E-state index is 12.3. The molecule has 1 aromatic carbocycles. The lowest BCUT2D eigenvalue weighted by atomic mass is 10.1. The molecule has 0 radical (unpaired) electrons. The molecule has 2 heterocycles. The van der Waals surface area contributed by atoms with Crippen molar-refractivity contribution in [3.63, 3.8) is 0 Å². The minimum absolute atomic E-state index is 0.198. The molecule has 3 aromatic rings. The van der Waals surface area contributed by atoms with Crippen molar-refractivity contribution in [2.24, 2.45) is 5.73 Å². The number of amides is 1. The van der Waals surface area contributed by atoms with E-state index >= 15 is 0 Å². The van der Waals surface area contributed by atoms with Crippen molar-refractivity contribution in [3.05, 3.63) is 47.1 Å². The quantitative estimate of drug-likeness (QED) is 0.634. The van der Waals surface area contributed by atoms with Crippen LogP contribution in [0.4, 0.5) is 5.13 Å². The van der Waals surface area contributed by atoms with Crippen LogP contribution in [0.3, 0.4) is 0 Å². The van der Waals surface area contributed by atoms with Gasteiger partial charge in [-0.3, -0.25) is 10.1 Å². The number of thiazole rings is 1. The molecule has 0 aliphatic rings. The highest BCUT2D eigenvalue weighted by Gasteiger charge is 2.12. The minimum Gasteiger partial charge on any atom is -0.361 e. The van der Waals surface area contributed by atoms with Gasteiger partial charge in [0, 0.05) is 11.6 Å². The second kappa shape index (κ2) is 5.79. The van der Waals surface area contributed by atoms with Gasteiger partial charge < -0.3 is 10.7 Å². The number of benzene rings is 1.